The Kier molecular flexibility index (Phi) is 5.26. The molecule has 0 bridgehead atoms. The Morgan fingerprint density at radius 1 is 1.15 bits per heavy atom. The summed E-state index contributed by atoms with van der Waals surface area (Å²) in [7, 11) is 0. The van der Waals surface area contributed by atoms with Crippen LogP contribution in [-0.4, -0.2) is 6.29 Å². The second-order valence-electron chi connectivity index (χ2n) is 11.3. The molecular weight excluding hydrogens is 316 g/mol. The second-order valence-corrected chi connectivity index (χ2v) is 11.3. The molecule has 3 fully saturated rings. The zero-order chi connectivity index (χ0) is 19.3. The normalized spacial score (nSPS) is 44.8. The van der Waals surface area contributed by atoms with Crippen LogP contribution in [0.25, 0.3) is 0 Å². The first-order chi connectivity index (χ1) is 12.1. The molecule has 6 atom stereocenters. The van der Waals surface area contributed by atoms with E-state index >= 15 is 0 Å². The molecule has 0 saturated heterocycles. The Balaban J connectivity index is 2.00. The fourth-order valence-electron chi connectivity index (χ4n) is 8.73. The van der Waals surface area contributed by atoms with Crippen LogP contribution in [0.2, 0.25) is 0 Å². The summed E-state index contributed by atoms with van der Waals surface area (Å²) >= 11 is 0. The molecular formula is C25H42O. The fraction of sp³-hybridized carbons (Fsp3) is 0.880. The van der Waals surface area contributed by atoms with Crippen LogP contribution in [0.5, 0.6) is 0 Å². The molecule has 0 N–H and O–H groups in total. The summed E-state index contributed by atoms with van der Waals surface area (Å²) in [6.45, 7) is 17.4. The van der Waals surface area contributed by atoms with E-state index in [0.29, 0.717) is 16.2 Å². The van der Waals surface area contributed by atoms with Crippen molar-refractivity contribution in [3.63, 3.8) is 0 Å². The van der Waals surface area contributed by atoms with Gasteiger partial charge in [-0.3, -0.25) is 4.79 Å². The van der Waals surface area contributed by atoms with Crippen LogP contribution in [0.3, 0.4) is 0 Å². The highest BCUT2D eigenvalue weighted by atomic mass is 16.1. The highest BCUT2D eigenvalue weighted by Gasteiger charge is 2.71. The molecule has 0 aliphatic heterocycles. The van der Waals surface area contributed by atoms with E-state index in [9.17, 15) is 4.79 Å². The predicted molar refractivity (Wildman–Crippen MR) is 111 cm³/mol. The third kappa shape index (κ3) is 2.67. The maximum Gasteiger partial charge on any atom is 0.142 e. The van der Waals surface area contributed by atoms with Crippen molar-refractivity contribution in [2.45, 2.75) is 93.4 Å². The van der Waals surface area contributed by atoms with Crippen LogP contribution >= 0.6 is 0 Å². The van der Waals surface area contributed by atoms with Crippen molar-refractivity contribution < 1.29 is 4.79 Å². The van der Waals surface area contributed by atoms with Gasteiger partial charge in [0.15, 0.2) is 0 Å². The van der Waals surface area contributed by atoms with Crippen LogP contribution in [-0.2, 0) is 4.79 Å². The van der Waals surface area contributed by atoms with Gasteiger partial charge in [0.05, 0.1) is 0 Å². The van der Waals surface area contributed by atoms with Crippen LogP contribution in [0.1, 0.15) is 93.4 Å². The maximum atomic E-state index is 10.9. The minimum absolute atomic E-state index is 0.476. The summed E-state index contributed by atoms with van der Waals surface area (Å²) in [4.78, 5) is 10.9. The number of hydrogen-bond acceptors (Lipinski definition) is 1. The minimum atomic E-state index is 0.476. The summed E-state index contributed by atoms with van der Waals surface area (Å²) < 4.78 is 0. The summed E-state index contributed by atoms with van der Waals surface area (Å²) in [5.74, 6) is 4.28. The Bertz CT molecular complexity index is 571. The van der Waals surface area contributed by atoms with Gasteiger partial charge >= 0.3 is 0 Å². The van der Waals surface area contributed by atoms with E-state index in [2.05, 4.69) is 48.5 Å². The molecule has 3 saturated carbocycles. The van der Waals surface area contributed by atoms with Gasteiger partial charge in [-0.25, -0.2) is 0 Å². The van der Waals surface area contributed by atoms with Crippen molar-refractivity contribution >= 4 is 6.29 Å². The average molecular weight is 359 g/mol. The van der Waals surface area contributed by atoms with Gasteiger partial charge in [-0.05, 0) is 97.4 Å². The first-order valence-electron chi connectivity index (χ1n) is 11.2. The molecule has 0 heterocycles. The van der Waals surface area contributed by atoms with E-state index in [0.717, 1.165) is 42.3 Å². The lowest BCUT2D eigenvalue weighted by Gasteiger charge is -2.76. The monoisotopic (exact) mass is 358 g/mol. The fourth-order valence-corrected chi connectivity index (χ4v) is 8.73. The van der Waals surface area contributed by atoms with Crippen molar-refractivity contribution in [3.8, 4) is 0 Å². The number of carbonyl (C=O) groups is 1. The molecule has 0 radical (unpaired) electrons. The third-order valence-corrected chi connectivity index (χ3v) is 9.63. The van der Waals surface area contributed by atoms with Gasteiger partial charge in [0, 0.05) is 0 Å². The van der Waals surface area contributed by atoms with E-state index in [1.165, 1.54) is 44.1 Å². The molecule has 0 spiro atoms. The van der Waals surface area contributed by atoms with Crippen LogP contribution in [0, 0.1) is 45.8 Å². The Labute approximate surface area is 162 Å². The molecule has 26 heavy (non-hydrogen) atoms. The lowest BCUT2D eigenvalue weighted by molar-refractivity contribution is -0.281. The van der Waals surface area contributed by atoms with Crippen molar-refractivity contribution in [1.82, 2.24) is 0 Å². The summed E-state index contributed by atoms with van der Waals surface area (Å²) in [6, 6.07) is 0. The van der Waals surface area contributed by atoms with E-state index in [-0.39, 0.29) is 0 Å². The van der Waals surface area contributed by atoms with Crippen molar-refractivity contribution in [2.24, 2.45) is 45.8 Å². The Morgan fingerprint density at radius 2 is 1.85 bits per heavy atom. The van der Waals surface area contributed by atoms with E-state index < -0.39 is 0 Å². The van der Waals surface area contributed by atoms with Crippen LogP contribution in [0.15, 0.2) is 11.6 Å². The molecule has 0 aromatic heterocycles. The van der Waals surface area contributed by atoms with Gasteiger partial charge < -0.3 is 0 Å². The van der Waals surface area contributed by atoms with Crippen LogP contribution in [0.4, 0.5) is 0 Å². The molecule has 3 aliphatic rings. The molecule has 3 aliphatic carbocycles. The smallest absolute Gasteiger partial charge is 0.142 e. The number of allylic oxidation sites excluding steroid dienone is 2. The standard InChI is InChI=1S/C25H42O/c1-17(2)22-19(4)25(15-11-18(3)12-16-26)20(22)9-10-21-23(5,6)13-8-14-24(21,25)7/h12,16-17,19-22H,8-11,13-15H2,1-7H3/b18-12+/t19-,20?,21?,22?,24?,25+/m1/s1. The van der Waals surface area contributed by atoms with Crippen LogP contribution < -0.4 is 0 Å². The zero-order valence-electron chi connectivity index (χ0n) is 18.4. The quantitative estimate of drug-likeness (QED) is 0.379. The summed E-state index contributed by atoms with van der Waals surface area (Å²) in [6.07, 6.45) is 12.3. The largest absolute Gasteiger partial charge is 0.299 e. The van der Waals surface area contributed by atoms with Gasteiger partial charge in [-0.1, -0.05) is 53.5 Å². The van der Waals surface area contributed by atoms with Gasteiger partial charge in [-0.2, -0.15) is 0 Å². The van der Waals surface area contributed by atoms with E-state index in [1.54, 1.807) is 6.08 Å². The number of rotatable bonds is 5. The topological polar surface area (TPSA) is 17.1 Å². The minimum Gasteiger partial charge on any atom is -0.299 e. The number of aldehydes is 1. The Morgan fingerprint density at radius 3 is 2.46 bits per heavy atom. The second kappa shape index (κ2) is 6.78. The molecule has 0 amide bonds. The summed E-state index contributed by atoms with van der Waals surface area (Å²) in [5.41, 5.74) is 2.72. The van der Waals surface area contributed by atoms with Crippen molar-refractivity contribution in [3.05, 3.63) is 11.6 Å². The highest BCUT2D eigenvalue weighted by Crippen LogP contribution is 2.78. The third-order valence-electron chi connectivity index (χ3n) is 9.63. The van der Waals surface area contributed by atoms with E-state index in [4.69, 9.17) is 0 Å². The first kappa shape index (κ1) is 20.2. The van der Waals surface area contributed by atoms with Gasteiger partial charge in [0.25, 0.3) is 0 Å². The first-order valence-corrected chi connectivity index (χ1v) is 11.2. The predicted octanol–water partition coefficient (Wildman–Crippen LogP) is 7.06. The molecule has 148 valence electrons. The highest BCUT2D eigenvalue weighted by molar-refractivity contribution is 5.65. The lowest BCUT2D eigenvalue weighted by atomic mass is 9.28. The zero-order valence-corrected chi connectivity index (χ0v) is 18.4. The number of hydrogen-bond donors (Lipinski definition) is 0. The van der Waals surface area contributed by atoms with Crippen molar-refractivity contribution in [2.75, 3.05) is 0 Å². The van der Waals surface area contributed by atoms with Crippen molar-refractivity contribution in [1.29, 1.82) is 0 Å². The Hall–Kier alpha value is -0.590. The molecule has 4 unspecified atom stereocenters. The lowest BCUT2D eigenvalue weighted by Crippen LogP contribution is -2.70. The van der Waals surface area contributed by atoms with Gasteiger partial charge in [-0.15, -0.1) is 0 Å². The maximum absolute atomic E-state index is 10.9. The number of carbonyl (C=O) groups excluding carboxylic acids is 1. The van der Waals surface area contributed by atoms with Gasteiger partial charge in [0.2, 0.25) is 0 Å². The molecule has 0 aromatic rings. The number of fused-ring (bicyclic) bond motifs is 3. The SMILES string of the molecule is C/C(=C\C=O)CC[C@]12C(CCC3C(C)(C)CCCC31C)C(C(C)C)[C@H]2C. The molecule has 1 nitrogen and oxygen atoms in total. The average Bonchev–Trinajstić information content (AvgIpc) is 2.52. The molecule has 3 rings (SSSR count). The molecule has 1 heteroatoms. The van der Waals surface area contributed by atoms with Gasteiger partial charge in [0.1, 0.15) is 6.29 Å². The molecule has 0 aromatic carbocycles. The summed E-state index contributed by atoms with van der Waals surface area (Å²) in [5, 5.41) is 0. The van der Waals surface area contributed by atoms with E-state index in [1.807, 2.05) is 0 Å².